The second-order valence-corrected chi connectivity index (χ2v) is 6.09. The highest BCUT2D eigenvalue weighted by Gasteiger charge is 2.30. The van der Waals surface area contributed by atoms with Crippen molar-refractivity contribution in [1.29, 1.82) is 0 Å². The van der Waals surface area contributed by atoms with E-state index in [4.69, 9.17) is 27.9 Å². The van der Waals surface area contributed by atoms with E-state index < -0.39 is 0 Å². The maximum Gasteiger partial charge on any atom is 0.321 e. The van der Waals surface area contributed by atoms with Gasteiger partial charge in [0.2, 0.25) is 0 Å². The fourth-order valence-electron chi connectivity index (χ4n) is 2.50. The smallest absolute Gasteiger partial charge is 0.321 e. The molecule has 0 aromatic heterocycles. The van der Waals surface area contributed by atoms with Gasteiger partial charge in [0.25, 0.3) is 0 Å². The molecule has 3 rings (SSSR count). The highest BCUT2D eigenvalue weighted by molar-refractivity contribution is 6.42. The quantitative estimate of drug-likeness (QED) is 0.906. The lowest BCUT2D eigenvalue weighted by atomic mass is 10.2. The lowest BCUT2D eigenvalue weighted by molar-refractivity contribution is -0.0737. The SMILES string of the molecule is O=C(Nc1ccc(Cl)c(Cl)c1)N1CCN(C2COC2)CC1. The van der Waals surface area contributed by atoms with Crippen LogP contribution in [0, 0.1) is 0 Å². The topological polar surface area (TPSA) is 44.8 Å². The van der Waals surface area contributed by atoms with Crippen molar-refractivity contribution in [2.24, 2.45) is 0 Å². The summed E-state index contributed by atoms with van der Waals surface area (Å²) in [7, 11) is 0. The number of piperazine rings is 1. The van der Waals surface area contributed by atoms with Gasteiger partial charge in [-0.3, -0.25) is 4.90 Å². The Morgan fingerprint density at radius 2 is 1.86 bits per heavy atom. The Labute approximate surface area is 133 Å². The van der Waals surface area contributed by atoms with E-state index in [0.717, 1.165) is 39.4 Å². The first-order valence-electron chi connectivity index (χ1n) is 6.96. The lowest BCUT2D eigenvalue weighted by Gasteiger charge is -2.42. The summed E-state index contributed by atoms with van der Waals surface area (Å²) in [4.78, 5) is 16.4. The fourth-order valence-corrected chi connectivity index (χ4v) is 2.80. The minimum Gasteiger partial charge on any atom is -0.378 e. The molecule has 0 bridgehead atoms. The molecule has 0 radical (unpaired) electrons. The summed E-state index contributed by atoms with van der Waals surface area (Å²) in [5.74, 6) is 0. The van der Waals surface area contributed by atoms with Gasteiger partial charge in [-0.2, -0.15) is 0 Å². The van der Waals surface area contributed by atoms with Crippen LogP contribution in [-0.2, 0) is 4.74 Å². The number of urea groups is 1. The van der Waals surface area contributed by atoms with E-state index in [1.165, 1.54) is 0 Å². The Morgan fingerprint density at radius 1 is 1.14 bits per heavy atom. The van der Waals surface area contributed by atoms with Crippen LogP contribution < -0.4 is 5.32 Å². The number of amides is 2. The average Bonchev–Trinajstić information content (AvgIpc) is 2.42. The number of hydrogen-bond acceptors (Lipinski definition) is 3. The maximum absolute atomic E-state index is 12.2. The van der Waals surface area contributed by atoms with Gasteiger partial charge >= 0.3 is 6.03 Å². The van der Waals surface area contributed by atoms with Crippen molar-refractivity contribution in [2.75, 3.05) is 44.7 Å². The van der Waals surface area contributed by atoms with E-state index in [1.807, 2.05) is 4.90 Å². The van der Waals surface area contributed by atoms with Crippen LogP contribution in [0.3, 0.4) is 0 Å². The largest absolute Gasteiger partial charge is 0.378 e. The summed E-state index contributed by atoms with van der Waals surface area (Å²) in [6.07, 6.45) is 0. The van der Waals surface area contributed by atoms with Crippen LogP contribution in [0.5, 0.6) is 0 Å². The summed E-state index contributed by atoms with van der Waals surface area (Å²) in [6, 6.07) is 5.51. The molecule has 7 heteroatoms. The molecule has 21 heavy (non-hydrogen) atoms. The van der Waals surface area contributed by atoms with Gasteiger partial charge < -0.3 is 15.0 Å². The van der Waals surface area contributed by atoms with Crippen LogP contribution in [0.4, 0.5) is 10.5 Å². The fraction of sp³-hybridized carbons (Fsp3) is 0.500. The van der Waals surface area contributed by atoms with Crippen LogP contribution in [0.15, 0.2) is 18.2 Å². The van der Waals surface area contributed by atoms with E-state index in [1.54, 1.807) is 18.2 Å². The van der Waals surface area contributed by atoms with E-state index in [-0.39, 0.29) is 6.03 Å². The summed E-state index contributed by atoms with van der Waals surface area (Å²) in [6.45, 7) is 4.86. The zero-order valence-corrected chi connectivity index (χ0v) is 13.0. The summed E-state index contributed by atoms with van der Waals surface area (Å²) in [5.41, 5.74) is 0.657. The monoisotopic (exact) mass is 329 g/mol. The first-order chi connectivity index (χ1) is 10.1. The van der Waals surface area contributed by atoms with E-state index in [0.29, 0.717) is 21.8 Å². The number of hydrogen-bond donors (Lipinski definition) is 1. The van der Waals surface area contributed by atoms with Gasteiger partial charge in [0.05, 0.1) is 29.3 Å². The normalized spacial score (nSPS) is 20.2. The molecular formula is C14H17Cl2N3O2. The molecule has 0 unspecified atom stereocenters. The predicted octanol–water partition coefficient (Wildman–Crippen LogP) is 2.54. The number of nitrogens with zero attached hydrogens (tertiary/aromatic N) is 2. The first kappa shape index (κ1) is 14.9. The van der Waals surface area contributed by atoms with Gasteiger partial charge in [-0.05, 0) is 18.2 Å². The van der Waals surface area contributed by atoms with Crippen molar-refractivity contribution < 1.29 is 9.53 Å². The van der Waals surface area contributed by atoms with Crippen LogP contribution in [-0.4, -0.2) is 61.3 Å². The van der Waals surface area contributed by atoms with Crippen molar-refractivity contribution in [2.45, 2.75) is 6.04 Å². The number of carbonyl (C=O) groups is 1. The number of anilines is 1. The minimum atomic E-state index is -0.0992. The Balaban J connectivity index is 1.52. The number of ether oxygens (including phenoxy) is 1. The zero-order valence-electron chi connectivity index (χ0n) is 11.5. The molecule has 0 saturated carbocycles. The van der Waals surface area contributed by atoms with E-state index in [9.17, 15) is 4.79 Å². The Morgan fingerprint density at radius 3 is 2.43 bits per heavy atom. The molecular weight excluding hydrogens is 313 g/mol. The van der Waals surface area contributed by atoms with Gasteiger partial charge in [-0.15, -0.1) is 0 Å². The van der Waals surface area contributed by atoms with Crippen molar-refractivity contribution >= 4 is 34.9 Å². The molecule has 1 aromatic rings. The molecule has 0 spiro atoms. The molecule has 1 N–H and O–H groups in total. The van der Waals surface area contributed by atoms with Gasteiger partial charge in [0.1, 0.15) is 0 Å². The van der Waals surface area contributed by atoms with Crippen LogP contribution in [0.2, 0.25) is 10.0 Å². The number of carbonyl (C=O) groups excluding carboxylic acids is 1. The third kappa shape index (κ3) is 3.43. The minimum absolute atomic E-state index is 0.0992. The number of nitrogens with one attached hydrogen (secondary N) is 1. The first-order valence-corrected chi connectivity index (χ1v) is 7.72. The molecule has 1 aromatic carbocycles. The molecule has 2 fully saturated rings. The van der Waals surface area contributed by atoms with Crippen molar-refractivity contribution in [3.63, 3.8) is 0 Å². The maximum atomic E-state index is 12.2. The number of benzene rings is 1. The molecule has 2 amide bonds. The summed E-state index contributed by atoms with van der Waals surface area (Å²) in [5, 5.41) is 3.76. The molecule has 114 valence electrons. The second-order valence-electron chi connectivity index (χ2n) is 5.27. The average molecular weight is 330 g/mol. The number of halogens is 2. The third-order valence-electron chi connectivity index (χ3n) is 3.91. The molecule has 0 aliphatic carbocycles. The van der Waals surface area contributed by atoms with Gasteiger partial charge in [0, 0.05) is 31.9 Å². The number of rotatable bonds is 2. The van der Waals surface area contributed by atoms with Gasteiger partial charge in [0.15, 0.2) is 0 Å². The summed E-state index contributed by atoms with van der Waals surface area (Å²) < 4.78 is 5.20. The Kier molecular flexibility index (Phi) is 4.54. The lowest BCUT2D eigenvalue weighted by Crippen LogP contribution is -2.57. The molecule has 0 atom stereocenters. The van der Waals surface area contributed by atoms with E-state index >= 15 is 0 Å². The Bertz CT molecular complexity index is 529. The molecule has 5 nitrogen and oxygen atoms in total. The van der Waals surface area contributed by atoms with Gasteiger partial charge in [-0.1, -0.05) is 23.2 Å². The highest BCUT2D eigenvalue weighted by atomic mass is 35.5. The molecule has 2 heterocycles. The molecule has 2 aliphatic rings. The van der Waals surface area contributed by atoms with Crippen molar-refractivity contribution in [3.8, 4) is 0 Å². The third-order valence-corrected chi connectivity index (χ3v) is 4.65. The second kappa shape index (κ2) is 6.40. The highest BCUT2D eigenvalue weighted by Crippen LogP contribution is 2.25. The van der Waals surface area contributed by atoms with Crippen molar-refractivity contribution in [3.05, 3.63) is 28.2 Å². The van der Waals surface area contributed by atoms with Crippen LogP contribution in [0.25, 0.3) is 0 Å². The standard InChI is InChI=1S/C14H17Cl2N3O2/c15-12-2-1-10(7-13(12)16)17-14(20)19-5-3-18(4-6-19)11-8-21-9-11/h1-2,7,11H,3-6,8-9H2,(H,17,20). The predicted molar refractivity (Wildman–Crippen MR) is 83.2 cm³/mol. The van der Waals surface area contributed by atoms with Crippen LogP contribution >= 0.6 is 23.2 Å². The molecule has 2 aliphatic heterocycles. The van der Waals surface area contributed by atoms with Crippen molar-refractivity contribution in [1.82, 2.24) is 9.80 Å². The zero-order chi connectivity index (χ0) is 14.8. The van der Waals surface area contributed by atoms with Crippen LogP contribution in [0.1, 0.15) is 0 Å². The van der Waals surface area contributed by atoms with E-state index in [2.05, 4.69) is 10.2 Å². The Hall–Kier alpha value is -1.01. The van der Waals surface area contributed by atoms with Gasteiger partial charge in [-0.25, -0.2) is 4.79 Å². The summed E-state index contributed by atoms with van der Waals surface area (Å²) >= 11 is 11.8. The molecule has 2 saturated heterocycles.